The number of hydrogen-bond acceptors (Lipinski definition) is 10. The van der Waals surface area contributed by atoms with Crippen LogP contribution in [0.2, 0.25) is 0 Å². The van der Waals surface area contributed by atoms with Gasteiger partial charge >= 0.3 is 11.9 Å². The van der Waals surface area contributed by atoms with Gasteiger partial charge in [0.05, 0.1) is 31.0 Å². The van der Waals surface area contributed by atoms with Gasteiger partial charge in [-0.2, -0.15) is 0 Å². The second kappa shape index (κ2) is 22.0. The minimum absolute atomic E-state index is 0.0279. The Morgan fingerprint density at radius 2 is 1.33 bits per heavy atom. The number of aliphatic carboxylic acids is 2. The van der Waals surface area contributed by atoms with E-state index in [0.29, 0.717) is 5.56 Å². The number of amides is 6. The SMILES string of the molecule is CC(C)C[C@H](NC(=O)[C@@H](N)CC(N)=O)[C@@H](O)CC(=O)N[C@H](C(=O)N[C@@H](C)C(=O)N[C@@H](CCC(=O)O)C(=O)N[C@@H](Cc1ccccc1)C(=O)O)C(C)C. The second-order valence-corrected chi connectivity index (χ2v) is 13.4. The number of nitrogens with two attached hydrogens (primary N) is 2. The summed E-state index contributed by atoms with van der Waals surface area (Å²) in [5, 5.41) is 41.9. The Bertz CT molecular complexity index is 1410. The number of hydrogen-bond donors (Lipinski definition) is 10. The highest BCUT2D eigenvalue weighted by Gasteiger charge is 2.32. The Kier molecular flexibility index (Phi) is 19.0. The number of carboxylic acids is 2. The maximum absolute atomic E-state index is 13.2. The molecular formula is C34H53N7O11. The minimum Gasteiger partial charge on any atom is -0.481 e. The standard InChI is InChI=1S/C34H53N7O11/c1-17(2)13-23(39-31(48)21(35)15-26(36)43)25(42)16-27(44)41-29(18(3)4)33(50)37-19(5)30(47)38-22(11-12-28(45)46)32(49)40-24(34(51)52)14-20-9-7-6-8-10-20/h6-10,17-19,21-25,29,42H,11-16,35H2,1-5H3,(H2,36,43)(H,37,50)(H,38,47)(H,39,48)(H,40,49)(H,41,44)(H,45,46)(H,51,52)/t19-,21-,22-,23-,24-,25-,29-/m0/s1. The van der Waals surface area contributed by atoms with Crippen molar-refractivity contribution in [2.75, 3.05) is 0 Å². The first-order valence-corrected chi connectivity index (χ1v) is 16.9. The molecule has 0 saturated heterocycles. The molecule has 12 N–H and O–H groups in total. The number of carboxylic acid groups (broad SMARTS) is 2. The van der Waals surface area contributed by atoms with Gasteiger partial charge in [0.2, 0.25) is 35.4 Å². The molecule has 1 aromatic rings. The predicted octanol–water partition coefficient (Wildman–Crippen LogP) is -1.72. The Balaban J connectivity index is 2.96. The molecular weight excluding hydrogens is 682 g/mol. The van der Waals surface area contributed by atoms with Crippen LogP contribution in [0.5, 0.6) is 0 Å². The summed E-state index contributed by atoms with van der Waals surface area (Å²) >= 11 is 0. The predicted molar refractivity (Wildman–Crippen MR) is 187 cm³/mol. The van der Waals surface area contributed by atoms with E-state index in [1.807, 2.05) is 13.8 Å². The van der Waals surface area contributed by atoms with Crippen LogP contribution in [0.4, 0.5) is 0 Å². The first kappa shape index (κ1) is 44.9. The Labute approximate surface area is 302 Å². The minimum atomic E-state index is -1.47. The van der Waals surface area contributed by atoms with Crippen LogP contribution in [-0.4, -0.2) is 105 Å². The molecule has 0 saturated carbocycles. The van der Waals surface area contributed by atoms with E-state index in [0.717, 1.165) is 0 Å². The van der Waals surface area contributed by atoms with E-state index in [2.05, 4.69) is 26.6 Å². The van der Waals surface area contributed by atoms with E-state index in [9.17, 15) is 53.7 Å². The highest BCUT2D eigenvalue weighted by molar-refractivity contribution is 5.95. The monoisotopic (exact) mass is 735 g/mol. The molecule has 18 nitrogen and oxygen atoms in total. The van der Waals surface area contributed by atoms with Crippen molar-refractivity contribution >= 4 is 47.4 Å². The summed E-state index contributed by atoms with van der Waals surface area (Å²) < 4.78 is 0. The van der Waals surface area contributed by atoms with Gasteiger partial charge in [0.25, 0.3) is 0 Å². The lowest BCUT2D eigenvalue weighted by Gasteiger charge is -2.28. The zero-order chi connectivity index (χ0) is 39.7. The van der Waals surface area contributed by atoms with Gasteiger partial charge in [-0.25, -0.2) is 4.79 Å². The van der Waals surface area contributed by atoms with Crippen molar-refractivity contribution in [3.63, 3.8) is 0 Å². The maximum Gasteiger partial charge on any atom is 0.326 e. The van der Waals surface area contributed by atoms with E-state index in [1.54, 1.807) is 44.2 Å². The molecule has 1 rings (SSSR count). The zero-order valence-electron chi connectivity index (χ0n) is 30.1. The molecule has 0 bridgehead atoms. The topological polar surface area (TPSA) is 309 Å². The van der Waals surface area contributed by atoms with Gasteiger partial charge in [0.15, 0.2) is 0 Å². The number of aliphatic hydroxyl groups is 1. The van der Waals surface area contributed by atoms with Crippen LogP contribution in [-0.2, 0) is 44.8 Å². The highest BCUT2D eigenvalue weighted by Crippen LogP contribution is 2.13. The molecule has 0 aliphatic carbocycles. The van der Waals surface area contributed by atoms with Crippen LogP contribution in [0.25, 0.3) is 0 Å². The summed E-state index contributed by atoms with van der Waals surface area (Å²) in [6, 6.07) is 0.922. The molecule has 0 fully saturated rings. The van der Waals surface area contributed by atoms with Crippen molar-refractivity contribution in [3.05, 3.63) is 35.9 Å². The van der Waals surface area contributed by atoms with Crippen LogP contribution in [0.1, 0.15) is 72.3 Å². The van der Waals surface area contributed by atoms with Gasteiger partial charge in [0, 0.05) is 12.8 Å². The van der Waals surface area contributed by atoms with Crippen molar-refractivity contribution < 1.29 is 53.7 Å². The van der Waals surface area contributed by atoms with Gasteiger partial charge in [-0.1, -0.05) is 58.0 Å². The number of aliphatic hydroxyl groups excluding tert-OH is 1. The number of benzene rings is 1. The number of nitrogens with one attached hydrogen (secondary N) is 5. The fourth-order valence-electron chi connectivity index (χ4n) is 5.04. The van der Waals surface area contributed by atoms with Crippen LogP contribution in [0.3, 0.4) is 0 Å². The lowest BCUT2D eigenvalue weighted by atomic mass is 9.96. The molecule has 0 aromatic heterocycles. The van der Waals surface area contributed by atoms with E-state index in [4.69, 9.17) is 11.5 Å². The van der Waals surface area contributed by atoms with Crippen molar-refractivity contribution in [1.82, 2.24) is 26.6 Å². The smallest absolute Gasteiger partial charge is 0.326 e. The third kappa shape index (κ3) is 16.7. The van der Waals surface area contributed by atoms with Crippen molar-refractivity contribution in [3.8, 4) is 0 Å². The molecule has 52 heavy (non-hydrogen) atoms. The lowest BCUT2D eigenvalue weighted by Crippen LogP contribution is -2.58. The van der Waals surface area contributed by atoms with Crippen molar-refractivity contribution in [1.29, 1.82) is 0 Å². The van der Waals surface area contributed by atoms with Gasteiger partial charge < -0.3 is 53.4 Å². The van der Waals surface area contributed by atoms with Crippen molar-refractivity contribution in [2.24, 2.45) is 23.3 Å². The molecule has 0 aliphatic rings. The summed E-state index contributed by atoms with van der Waals surface area (Å²) in [7, 11) is 0. The molecule has 18 heteroatoms. The molecule has 1 aromatic carbocycles. The van der Waals surface area contributed by atoms with Crippen LogP contribution < -0.4 is 38.1 Å². The maximum atomic E-state index is 13.2. The zero-order valence-corrected chi connectivity index (χ0v) is 30.1. The van der Waals surface area contributed by atoms with Crippen LogP contribution in [0, 0.1) is 11.8 Å². The number of rotatable bonds is 23. The number of carbonyl (C=O) groups is 8. The van der Waals surface area contributed by atoms with E-state index in [-0.39, 0.29) is 25.2 Å². The number of carbonyl (C=O) groups excluding carboxylic acids is 6. The van der Waals surface area contributed by atoms with Gasteiger partial charge in [-0.3, -0.25) is 33.6 Å². The van der Waals surface area contributed by atoms with Crippen molar-refractivity contribution in [2.45, 2.75) is 115 Å². The fraction of sp³-hybridized carbons (Fsp3) is 0.588. The molecule has 7 atom stereocenters. The molecule has 0 spiro atoms. The normalized spacial score (nSPS) is 15.2. The third-order valence-electron chi connectivity index (χ3n) is 7.86. The van der Waals surface area contributed by atoms with E-state index < -0.39 is 115 Å². The average Bonchev–Trinajstić information content (AvgIpc) is 3.04. The molecule has 290 valence electrons. The molecule has 0 heterocycles. The lowest BCUT2D eigenvalue weighted by molar-refractivity contribution is -0.143. The molecule has 6 amide bonds. The molecule has 0 aliphatic heterocycles. The second-order valence-electron chi connectivity index (χ2n) is 13.4. The Morgan fingerprint density at radius 3 is 1.85 bits per heavy atom. The number of primary amides is 1. The highest BCUT2D eigenvalue weighted by atomic mass is 16.4. The average molecular weight is 736 g/mol. The van der Waals surface area contributed by atoms with Gasteiger partial charge in [0.1, 0.15) is 24.2 Å². The van der Waals surface area contributed by atoms with E-state index in [1.165, 1.54) is 6.92 Å². The van der Waals surface area contributed by atoms with Gasteiger partial charge in [-0.15, -0.1) is 0 Å². The summed E-state index contributed by atoms with van der Waals surface area (Å²) in [5.41, 5.74) is 11.4. The van der Waals surface area contributed by atoms with Gasteiger partial charge in [-0.05, 0) is 37.2 Å². The third-order valence-corrected chi connectivity index (χ3v) is 7.86. The fourth-order valence-corrected chi connectivity index (χ4v) is 5.04. The first-order chi connectivity index (χ1) is 24.2. The quantitative estimate of drug-likeness (QED) is 0.0600. The largest absolute Gasteiger partial charge is 0.481 e. The van der Waals surface area contributed by atoms with Crippen LogP contribution in [0.15, 0.2) is 30.3 Å². The van der Waals surface area contributed by atoms with Crippen LogP contribution >= 0.6 is 0 Å². The molecule has 0 unspecified atom stereocenters. The molecule has 0 radical (unpaired) electrons. The van der Waals surface area contributed by atoms with E-state index >= 15 is 0 Å². The Hall–Kier alpha value is -5.10. The Morgan fingerprint density at radius 1 is 0.731 bits per heavy atom. The first-order valence-electron chi connectivity index (χ1n) is 16.9. The summed E-state index contributed by atoms with van der Waals surface area (Å²) in [6.45, 7) is 8.18. The summed E-state index contributed by atoms with van der Waals surface area (Å²) in [5.74, 6) is -8.06. The summed E-state index contributed by atoms with van der Waals surface area (Å²) in [6.07, 6.45) is -3.11. The summed E-state index contributed by atoms with van der Waals surface area (Å²) in [4.78, 5) is 99.2.